The van der Waals surface area contributed by atoms with Crippen molar-refractivity contribution in [3.8, 4) is 0 Å². The van der Waals surface area contributed by atoms with Crippen LogP contribution in [0.5, 0.6) is 0 Å². The number of ether oxygens (including phenoxy) is 1. The summed E-state index contributed by atoms with van der Waals surface area (Å²) in [6.07, 6.45) is 0.116. The van der Waals surface area contributed by atoms with Crippen LogP contribution in [-0.2, 0) is 4.74 Å². The van der Waals surface area contributed by atoms with E-state index in [2.05, 4.69) is 26.1 Å². The molecule has 0 radical (unpaired) electrons. The van der Waals surface area contributed by atoms with E-state index in [1.165, 1.54) is 5.56 Å². The molecule has 88 valence electrons. The van der Waals surface area contributed by atoms with Gasteiger partial charge in [-0.3, -0.25) is 0 Å². The first-order valence-corrected chi connectivity index (χ1v) is 6.00. The predicted octanol–water partition coefficient (Wildman–Crippen LogP) is 3.17. The van der Waals surface area contributed by atoms with Gasteiger partial charge in [0.1, 0.15) is 0 Å². The van der Waals surface area contributed by atoms with Gasteiger partial charge in [0.05, 0.1) is 12.7 Å². The van der Waals surface area contributed by atoms with Gasteiger partial charge in [-0.05, 0) is 38.5 Å². The van der Waals surface area contributed by atoms with E-state index in [9.17, 15) is 0 Å². The summed E-state index contributed by atoms with van der Waals surface area (Å²) in [7, 11) is 0. The molecule has 1 fully saturated rings. The minimum Gasteiger partial charge on any atom is -0.370 e. The summed E-state index contributed by atoms with van der Waals surface area (Å²) in [4.78, 5) is 0. The van der Waals surface area contributed by atoms with Gasteiger partial charge in [0.15, 0.2) is 0 Å². The van der Waals surface area contributed by atoms with E-state index in [4.69, 9.17) is 16.3 Å². The van der Waals surface area contributed by atoms with Gasteiger partial charge >= 0.3 is 0 Å². The van der Waals surface area contributed by atoms with Crippen LogP contribution < -0.4 is 5.32 Å². The molecule has 1 aliphatic heterocycles. The number of nitrogens with one attached hydrogen (secondary N) is 1. The Morgan fingerprint density at radius 2 is 1.94 bits per heavy atom. The Morgan fingerprint density at radius 3 is 2.50 bits per heavy atom. The molecule has 1 aromatic rings. The van der Waals surface area contributed by atoms with Crippen LogP contribution in [-0.4, -0.2) is 18.2 Å². The molecule has 3 heteroatoms. The van der Waals surface area contributed by atoms with Gasteiger partial charge in [0.2, 0.25) is 0 Å². The highest BCUT2D eigenvalue weighted by atomic mass is 35.5. The maximum atomic E-state index is 5.93. The van der Waals surface area contributed by atoms with Crippen LogP contribution in [0.3, 0.4) is 0 Å². The third-order valence-electron chi connectivity index (χ3n) is 2.89. The summed E-state index contributed by atoms with van der Waals surface area (Å²) in [5.41, 5.74) is 1.24. The van der Waals surface area contributed by atoms with Crippen LogP contribution in [0.4, 0.5) is 0 Å². The summed E-state index contributed by atoms with van der Waals surface area (Å²) in [5.74, 6) is 0. The molecule has 2 unspecified atom stereocenters. The lowest BCUT2D eigenvalue weighted by Gasteiger charge is -2.41. The molecule has 0 aromatic heterocycles. The van der Waals surface area contributed by atoms with E-state index >= 15 is 0 Å². The fraction of sp³-hybridized carbons (Fsp3) is 0.538. The van der Waals surface area contributed by atoms with Crippen molar-refractivity contribution >= 4 is 11.6 Å². The SMILES string of the molecule is CC1NC(C)(C)COC1c1ccc(Cl)cc1. The fourth-order valence-corrected chi connectivity index (χ4v) is 2.34. The second-order valence-electron chi connectivity index (χ2n) is 5.10. The van der Waals surface area contributed by atoms with Gasteiger partial charge in [-0.15, -0.1) is 0 Å². The van der Waals surface area contributed by atoms with Crippen LogP contribution in [0.25, 0.3) is 0 Å². The van der Waals surface area contributed by atoms with Crippen molar-refractivity contribution in [2.24, 2.45) is 0 Å². The van der Waals surface area contributed by atoms with Crippen molar-refractivity contribution in [3.05, 3.63) is 34.9 Å². The quantitative estimate of drug-likeness (QED) is 0.813. The summed E-state index contributed by atoms with van der Waals surface area (Å²) in [6.45, 7) is 7.19. The number of benzene rings is 1. The summed E-state index contributed by atoms with van der Waals surface area (Å²) >= 11 is 5.88. The van der Waals surface area contributed by atoms with Crippen molar-refractivity contribution in [1.82, 2.24) is 5.32 Å². The first kappa shape index (κ1) is 11.9. The smallest absolute Gasteiger partial charge is 0.0976 e. The Hall–Kier alpha value is -0.570. The first-order valence-electron chi connectivity index (χ1n) is 5.63. The van der Waals surface area contributed by atoms with Gasteiger partial charge < -0.3 is 10.1 Å². The standard InChI is InChI=1S/C13H18ClNO/c1-9-12(16-8-13(2,3)15-9)10-4-6-11(14)7-5-10/h4-7,9,12,15H,8H2,1-3H3. The lowest BCUT2D eigenvalue weighted by molar-refractivity contribution is -0.0495. The second-order valence-corrected chi connectivity index (χ2v) is 5.54. The Kier molecular flexibility index (Phi) is 3.24. The van der Waals surface area contributed by atoms with Gasteiger partial charge in [-0.2, -0.15) is 0 Å². The molecule has 0 bridgehead atoms. The van der Waals surface area contributed by atoms with E-state index in [0.29, 0.717) is 6.04 Å². The van der Waals surface area contributed by atoms with Gasteiger partial charge in [0, 0.05) is 16.6 Å². The zero-order chi connectivity index (χ0) is 11.8. The molecular formula is C13H18ClNO. The van der Waals surface area contributed by atoms with Crippen molar-refractivity contribution in [2.75, 3.05) is 6.61 Å². The van der Waals surface area contributed by atoms with Gasteiger partial charge in [0.25, 0.3) is 0 Å². The highest BCUT2D eigenvalue weighted by Gasteiger charge is 2.32. The Labute approximate surface area is 102 Å². The Balaban J connectivity index is 2.14. The molecule has 0 aliphatic carbocycles. The topological polar surface area (TPSA) is 21.3 Å². The Bertz CT molecular complexity index is 361. The molecule has 2 rings (SSSR count). The van der Waals surface area contributed by atoms with Gasteiger partial charge in [-0.25, -0.2) is 0 Å². The van der Waals surface area contributed by atoms with Gasteiger partial charge in [-0.1, -0.05) is 23.7 Å². The van der Waals surface area contributed by atoms with Crippen LogP contribution >= 0.6 is 11.6 Å². The van der Waals surface area contributed by atoms with Crippen LogP contribution in [0, 0.1) is 0 Å². The van der Waals surface area contributed by atoms with Crippen LogP contribution in [0.2, 0.25) is 5.02 Å². The molecule has 0 saturated carbocycles. The van der Waals surface area contributed by atoms with Crippen molar-refractivity contribution in [1.29, 1.82) is 0 Å². The Morgan fingerprint density at radius 1 is 1.31 bits per heavy atom. The zero-order valence-electron chi connectivity index (χ0n) is 9.96. The maximum absolute atomic E-state index is 5.93. The molecule has 0 amide bonds. The molecule has 1 aliphatic rings. The van der Waals surface area contributed by atoms with Crippen LogP contribution in [0.15, 0.2) is 24.3 Å². The lowest BCUT2D eigenvalue weighted by Crippen LogP contribution is -2.55. The molecule has 1 heterocycles. The molecule has 0 spiro atoms. The third-order valence-corrected chi connectivity index (χ3v) is 3.15. The largest absolute Gasteiger partial charge is 0.370 e. The number of rotatable bonds is 1. The lowest BCUT2D eigenvalue weighted by atomic mass is 9.96. The minimum atomic E-state index is 0.0579. The highest BCUT2D eigenvalue weighted by molar-refractivity contribution is 6.30. The first-order chi connectivity index (χ1) is 7.48. The average Bonchev–Trinajstić information content (AvgIpc) is 2.19. The second kappa shape index (κ2) is 4.36. The van der Waals surface area contributed by atoms with Crippen molar-refractivity contribution in [2.45, 2.75) is 38.5 Å². The highest BCUT2D eigenvalue weighted by Crippen LogP contribution is 2.28. The number of halogens is 1. The normalized spacial score (nSPS) is 29.0. The van der Waals surface area contributed by atoms with E-state index in [1.807, 2.05) is 24.3 Å². The summed E-state index contributed by atoms with van der Waals surface area (Å²) < 4.78 is 5.93. The summed E-state index contributed by atoms with van der Waals surface area (Å²) in [5, 5.41) is 4.33. The molecule has 16 heavy (non-hydrogen) atoms. The van der Waals surface area contributed by atoms with E-state index in [-0.39, 0.29) is 11.6 Å². The van der Waals surface area contributed by atoms with Crippen molar-refractivity contribution in [3.63, 3.8) is 0 Å². The monoisotopic (exact) mass is 239 g/mol. The molecule has 2 nitrogen and oxygen atoms in total. The van der Waals surface area contributed by atoms with Crippen molar-refractivity contribution < 1.29 is 4.74 Å². The molecule has 1 saturated heterocycles. The maximum Gasteiger partial charge on any atom is 0.0976 e. The van der Waals surface area contributed by atoms with E-state index in [0.717, 1.165) is 11.6 Å². The minimum absolute atomic E-state index is 0.0579. The number of hydrogen-bond acceptors (Lipinski definition) is 2. The van der Waals surface area contributed by atoms with E-state index < -0.39 is 0 Å². The van der Waals surface area contributed by atoms with E-state index in [1.54, 1.807) is 0 Å². The average molecular weight is 240 g/mol. The number of hydrogen-bond donors (Lipinski definition) is 1. The summed E-state index contributed by atoms with van der Waals surface area (Å²) in [6, 6.07) is 8.19. The zero-order valence-corrected chi connectivity index (χ0v) is 10.7. The van der Waals surface area contributed by atoms with Crippen LogP contribution in [0.1, 0.15) is 32.4 Å². The molecule has 1 N–H and O–H groups in total. The number of morpholine rings is 1. The molecular weight excluding hydrogens is 222 g/mol. The fourth-order valence-electron chi connectivity index (χ4n) is 2.21. The molecule has 1 aromatic carbocycles. The predicted molar refractivity (Wildman–Crippen MR) is 66.8 cm³/mol. The third kappa shape index (κ3) is 2.57. The molecule has 2 atom stereocenters.